The van der Waals surface area contributed by atoms with E-state index in [1.165, 1.54) is 13.3 Å². The van der Waals surface area contributed by atoms with E-state index >= 15 is 0 Å². The lowest BCUT2D eigenvalue weighted by atomic mass is 9.96. The first-order valence-electron chi connectivity index (χ1n) is 8.80. The van der Waals surface area contributed by atoms with E-state index in [1.807, 2.05) is 24.3 Å². The molecule has 148 valence electrons. The SMILES string of the molecule is COc1ccc(-c2cn([C@@H]3O[C@H](CO)C(O)[C@@]3(C)O)c3ncnc(N)c23)cc1. The molecule has 4 atom stereocenters. The summed E-state index contributed by atoms with van der Waals surface area (Å²) in [6.45, 7) is 1.04. The number of anilines is 1. The van der Waals surface area contributed by atoms with Crippen LogP contribution < -0.4 is 10.5 Å². The Morgan fingerprint density at radius 1 is 1.29 bits per heavy atom. The molecule has 3 heterocycles. The fourth-order valence-corrected chi connectivity index (χ4v) is 3.67. The molecule has 9 heteroatoms. The van der Waals surface area contributed by atoms with Crippen LogP contribution in [-0.4, -0.2) is 61.4 Å². The van der Waals surface area contributed by atoms with Crippen LogP contribution in [0, 0.1) is 0 Å². The zero-order valence-electron chi connectivity index (χ0n) is 15.5. The maximum atomic E-state index is 10.9. The van der Waals surface area contributed by atoms with Crippen LogP contribution in [0.15, 0.2) is 36.8 Å². The van der Waals surface area contributed by atoms with E-state index in [0.717, 1.165) is 11.1 Å². The molecule has 0 amide bonds. The smallest absolute Gasteiger partial charge is 0.167 e. The molecule has 3 aromatic rings. The summed E-state index contributed by atoms with van der Waals surface area (Å²) in [4.78, 5) is 8.41. The molecule has 1 aromatic carbocycles. The maximum absolute atomic E-state index is 10.9. The summed E-state index contributed by atoms with van der Waals surface area (Å²) in [6.07, 6.45) is -0.0632. The van der Waals surface area contributed by atoms with E-state index < -0.39 is 30.6 Å². The number of nitrogens with zero attached hydrogens (tertiary/aromatic N) is 3. The van der Waals surface area contributed by atoms with Gasteiger partial charge in [-0.15, -0.1) is 0 Å². The van der Waals surface area contributed by atoms with Gasteiger partial charge >= 0.3 is 0 Å². The highest BCUT2D eigenvalue weighted by Gasteiger charge is 2.53. The highest BCUT2D eigenvalue weighted by atomic mass is 16.6. The number of methoxy groups -OCH3 is 1. The van der Waals surface area contributed by atoms with Gasteiger partial charge in [-0.25, -0.2) is 9.97 Å². The Balaban J connectivity index is 1.90. The standard InChI is InChI=1S/C19H22N4O5/c1-19(26)15(25)13(8-24)28-18(19)23-7-12(10-3-5-11(27-2)6-4-10)14-16(20)21-9-22-17(14)23/h3-7,9,13,15,18,24-26H,8H2,1-2H3,(H2,20,21,22)/t13-,15?,18-,19-/m1/s1. The largest absolute Gasteiger partial charge is 0.497 e. The van der Waals surface area contributed by atoms with Crippen molar-refractivity contribution in [2.24, 2.45) is 0 Å². The molecule has 1 saturated heterocycles. The van der Waals surface area contributed by atoms with Crippen molar-refractivity contribution in [3.63, 3.8) is 0 Å². The van der Waals surface area contributed by atoms with Crippen molar-refractivity contribution in [1.82, 2.24) is 14.5 Å². The predicted molar refractivity (Wildman–Crippen MR) is 102 cm³/mol. The lowest BCUT2D eigenvalue weighted by molar-refractivity contribution is -0.0948. The number of hydrogen-bond acceptors (Lipinski definition) is 8. The second-order valence-electron chi connectivity index (χ2n) is 7.02. The van der Waals surface area contributed by atoms with E-state index in [1.54, 1.807) is 17.9 Å². The lowest BCUT2D eigenvalue weighted by Gasteiger charge is -2.27. The van der Waals surface area contributed by atoms with Crippen molar-refractivity contribution in [1.29, 1.82) is 0 Å². The highest BCUT2D eigenvalue weighted by Crippen LogP contribution is 2.42. The Morgan fingerprint density at radius 3 is 2.61 bits per heavy atom. The molecule has 1 fully saturated rings. The number of nitrogens with two attached hydrogens (primary N) is 1. The monoisotopic (exact) mass is 386 g/mol. The van der Waals surface area contributed by atoms with Crippen LogP contribution in [-0.2, 0) is 4.74 Å². The number of aliphatic hydroxyl groups excluding tert-OH is 2. The summed E-state index contributed by atoms with van der Waals surface area (Å²) in [6, 6.07) is 7.41. The van der Waals surface area contributed by atoms with E-state index in [-0.39, 0.29) is 5.82 Å². The van der Waals surface area contributed by atoms with Gasteiger partial charge < -0.3 is 35.1 Å². The number of nitrogen functional groups attached to an aromatic ring is 1. The van der Waals surface area contributed by atoms with E-state index in [0.29, 0.717) is 16.8 Å². The highest BCUT2D eigenvalue weighted by molar-refractivity contribution is 6.00. The summed E-state index contributed by atoms with van der Waals surface area (Å²) in [5.74, 6) is 0.999. The fraction of sp³-hybridized carbons (Fsp3) is 0.368. The molecule has 0 bridgehead atoms. The first-order chi connectivity index (χ1) is 13.4. The first kappa shape index (κ1) is 18.6. The van der Waals surface area contributed by atoms with Crippen molar-refractivity contribution in [2.75, 3.05) is 19.5 Å². The van der Waals surface area contributed by atoms with E-state index in [9.17, 15) is 15.3 Å². The van der Waals surface area contributed by atoms with E-state index in [4.69, 9.17) is 15.2 Å². The molecule has 2 aromatic heterocycles. The zero-order valence-corrected chi connectivity index (χ0v) is 15.5. The van der Waals surface area contributed by atoms with Crippen LogP contribution in [0.25, 0.3) is 22.2 Å². The number of hydrogen-bond donors (Lipinski definition) is 4. The normalized spacial score (nSPS) is 27.4. The third kappa shape index (κ3) is 2.71. The molecular formula is C19H22N4O5. The summed E-state index contributed by atoms with van der Waals surface area (Å²) in [5, 5.41) is 31.3. The van der Waals surface area contributed by atoms with Crippen molar-refractivity contribution >= 4 is 16.9 Å². The van der Waals surface area contributed by atoms with Crippen molar-refractivity contribution in [3.8, 4) is 16.9 Å². The molecule has 1 unspecified atom stereocenters. The molecule has 5 N–H and O–H groups in total. The predicted octanol–water partition coefficient (Wildman–Crippen LogP) is 0.691. The summed E-state index contributed by atoms with van der Waals surface area (Å²) in [5.41, 5.74) is 6.54. The third-order valence-corrected chi connectivity index (χ3v) is 5.23. The Bertz CT molecular complexity index is 1000. The number of benzene rings is 1. The van der Waals surface area contributed by atoms with Gasteiger partial charge in [0, 0.05) is 11.8 Å². The van der Waals surface area contributed by atoms with Crippen molar-refractivity contribution in [3.05, 3.63) is 36.8 Å². The quantitative estimate of drug-likeness (QED) is 0.514. The Hall–Kier alpha value is -2.72. The molecule has 0 saturated carbocycles. The van der Waals surface area contributed by atoms with Crippen LogP contribution in [0.1, 0.15) is 13.2 Å². The van der Waals surface area contributed by atoms with Crippen molar-refractivity contribution in [2.45, 2.75) is 31.0 Å². The minimum absolute atomic E-state index is 0.284. The summed E-state index contributed by atoms with van der Waals surface area (Å²) < 4.78 is 12.6. The zero-order chi connectivity index (χ0) is 20.1. The van der Waals surface area contributed by atoms with Crippen molar-refractivity contribution < 1.29 is 24.8 Å². The molecule has 28 heavy (non-hydrogen) atoms. The Labute approximate surface area is 161 Å². The van der Waals surface area contributed by atoms with Gasteiger partial charge in [-0.3, -0.25) is 0 Å². The molecule has 0 spiro atoms. The first-order valence-corrected chi connectivity index (χ1v) is 8.80. The Kier molecular flexibility index (Phi) is 4.47. The van der Waals surface area contributed by atoms with Gasteiger partial charge in [0.05, 0.1) is 19.1 Å². The minimum Gasteiger partial charge on any atom is -0.497 e. The summed E-state index contributed by atoms with van der Waals surface area (Å²) in [7, 11) is 1.59. The van der Waals surface area contributed by atoms with Gasteiger partial charge in [-0.05, 0) is 24.6 Å². The lowest BCUT2D eigenvalue weighted by Crippen LogP contribution is -2.44. The average molecular weight is 386 g/mol. The number of aliphatic hydroxyl groups is 3. The molecule has 0 aliphatic carbocycles. The molecule has 0 radical (unpaired) electrons. The molecule has 9 nitrogen and oxygen atoms in total. The second-order valence-corrected chi connectivity index (χ2v) is 7.02. The van der Waals surface area contributed by atoms with Gasteiger partial charge in [0.25, 0.3) is 0 Å². The average Bonchev–Trinajstić information content (AvgIpc) is 3.18. The number of fused-ring (bicyclic) bond motifs is 1. The molecule has 4 rings (SSSR count). The number of ether oxygens (including phenoxy) is 2. The van der Waals surface area contributed by atoms with E-state index in [2.05, 4.69) is 9.97 Å². The van der Waals surface area contributed by atoms with Crippen LogP contribution >= 0.6 is 0 Å². The van der Waals surface area contributed by atoms with Crippen LogP contribution in [0.4, 0.5) is 5.82 Å². The van der Waals surface area contributed by atoms with Crippen LogP contribution in [0.3, 0.4) is 0 Å². The van der Waals surface area contributed by atoms with Gasteiger partial charge in [0.1, 0.15) is 41.4 Å². The minimum atomic E-state index is -1.64. The fourth-order valence-electron chi connectivity index (χ4n) is 3.67. The molecule has 1 aliphatic rings. The number of rotatable bonds is 4. The van der Waals surface area contributed by atoms with Gasteiger partial charge in [0.15, 0.2) is 6.23 Å². The maximum Gasteiger partial charge on any atom is 0.167 e. The van der Waals surface area contributed by atoms with Crippen LogP contribution in [0.5, 0.6) is 5.75 Å². The summed E-state index contributed by atoms with van der Waals surface area (Å²) >= 11 is 0. The van der Waals surface area contributed by atoms with Gasteiger partial charge in [-0.2, -0.15) is 0 Å². The Morgan fingerprint density at radius 2 is 2.00 bits per heavy atom. The molecular weight excluding hydrogens is 364 g/mol. The third-order valence-electron chi connectivity index (χ3n) is 5.23. The molecule has 1 aliphatic heterocycles. The topological polar surface area (TPSA) is 136 Å². The second kappa shape index (κ2) is 6.71. The van der Waals surface area contributed by atoms with Crippen LogP contribution in [0.2, 0.25) is 0 Å². The number of aromatic nitrogens is 3. The van der Waals surface area contributed by atoms with Gasteiger partial charge in [0.2, 0.25) is 0 Å². The van der Waals surface area contributed by atoms with Gasteiger partial charge in [-0.1, -0.05) is 12.1 Å².